The van der Waals surface area contributed by atoms with Gasteiger partial charge in [0.05, 0.1) is 16.3 Å². The smallest absolute Gasteiger partial charge is 0.265 e. The highest BCUT2D eigenvalue weighted by Gasteiger charge is 2.18. The van der Waals surface area contributed by atoms with Crippen LogP contribution in [0.2, 0.25) is 10.0 Å². The monoisotopic (exact) mass is 387 g/mol. The summed E-state index contributed by atoms with van der Waals surface area (Å²) in [6.07, 6.45) is -0.110. The van der Waals surface area contributed by atoms with Crippen LogP contribution < -0.4 is 10.1 Å². The number of carbonyl (C=O) groups excluding carboxylic acids is 2. The van der Waals surface area contributed by atoms with Crippen LogP contribution in [0.5, 0.6) is 5.75 Å². The number of halogens is 2. The zero-order valence-corrected chi connectivity index (χ0v) is 15.3. The van der Waals surface area contributed by atoms with Crippen LogP contribution in [0.1, 0.15) is 17.3 Å². The van der Waals surface area contributed by atoms with Crippen LogP contribution >= 0.6 is 23.2 Å². The first-order valence-electron chi connectivity index (χ1n) is 7.89. The first kappa shape index (κ1) is 18.2. The van der Waals surface area contributed by atoms with Crippen LogP contribution in [0.25, 0.3) is 10.8 Å². The third-order valence-electron chi connectivity index (χ3n) is 3.91. The largest absolute Gasteiger partial charge is 0.480 e. The maximum absolute atomic E-state index is 12.4. The van der Waals surface area contributed by atoms with Crippen LogP contribution in [0.15, 0.2) is 54.6 Å². The normalized spacial score (nSPS) is 11.8. The van der Waals surface area contributed by atoms with E-state index in [9.17, 15) is 9.59 Å². The summed E-state index contributed by atoms with van der Waals surface area (Å²) in [7, 11) is 0. The van der Waals surface area contributed by atoms with Gasteiger partial charge in [0.1, 0.15) is 5.75 Å². The molecule has 0 saturated heterocycles. The molecule has 6 heteroatoms. The van der Waals surface area contributed by atoms with Crippen molar-refractivity contribution in [3.63, 3.8) is 0 Å². The maximum Gasteiger partial charge on any atom is 0.265 e. The van der Waals surface area contributed by atoms with E-state index in [0.29, 0.717) is 27.0 Å². The van der Waals surface area contributed by atoms with E-state index < -0.39 is 12.0 Å². The molecule has 3 rings (SSSR count). The van der Waals surface area contributed by atoms with Crippen molar-refractivity contribution in [3.05, 3.63) is 70.2 Å². The molecular weight excluding hydrogens is 373 g/mol. The Morgan fingerprint density at radius 3 is 2.65 bits per heavy atom. The summed E-state index contributed by atoms with van der Waals surface area (Å²) < 4.78 is 5.73. The van der Waals surface area contributed by atoms with Crippen molar-refractivity contribution >= 4 is 51.9 Å². The van der Waals surface area contributed by atoms with E-state index in [-0.39, 0.29) is 0 Å². The minimum Gasteiger partial charge on any atom is -0.480 e. The van der Waals surface area contributed by atoms with E-state index >= 15 is 0 Å². The van der Waals surface area contributed by atoms with E-state index in [0.717, 1.165) is 17.1 Å². The predicted octanol–water partition coefficient (Wildman–Crippen LogP) is 5.37. The predicted molar refractivity (Wildman–Crippen MR) is 105 cm³/mol. The minimum absolute atomic E-state index is 0.346. The molecule has 0 radical (unpaired) electrons. The summed E-state index contributed by atoms with van der Waals surface area (Å²) in [5.41, 5.74) is 0.803. The van der Waals surface area contributed by atoms with Gasteiger partial charge in [-0.25, -0.2) is 0 Å². The fourth-order valence-electron chi connectivity index (χ4n) is 2.57. The number of rotatable bonds is 5. The third kappa shape index (κ3) is 3.82. The van der Waals surface area contributed by atoms with E-state index in [1.807, 2.05) is 30.3 Å². The molecule has 0 saturated carbocycles. The van der Waals surface area contributed by atoms with Gasteiger partial charge < -0.3 is 10.1 Å². The number of hydrogen-bond acceptors (Lipinski definition) is 3. The first-order valence-corrected chi connectivity index (χ1v) is 8.64. The highest BCUT2D eigenvalue weighted by atomic mass is 35.5. The van der Waals surface area contributed by atoms with Crippen molar-refractivity contribution < 1.29 is 14.3 Å². The number of nitrogens with one attached hydrogen (secondary N) is 1. The SMILES string of the molecule is C[C@@H](Oc1ccc2ccccc2c1C=O)C(=O)Nc1cc(Cl)ccc1Cl. The van der Waals surface area contributed by atoms with Crippen LogP contribution in [0.3, 0.4) is 0 Å². The molecule has 0 aliphatic rings. The number of benzene rings is 3. The number of fused-ring (bicyclic) bond motifs is 1. The van der Waals surface area contributed by atoms with Crippen molar-refractivity contribution in [1.82, 2.24) is 0 Å². The van der Waals surface area contributed by atoms with Crippen molar-refractivity contribution in [2.45, 2.75) is 13.0 Å². The molecule has 1 atom stereocenters. The number of amides is 1. The van der Waals surface area contributed by atoms with E-state index in [1.165, 1.54) is 0 Å². The quantitative estimate of drug-likeness (QED) is 0.599. The maximum atomic E-state index is 12.4. The van der Waals surface area contributed by atoms with Gasteiger partial charge in [-0.2, -0.15) is 0 Å². The topological polar surface area (TPSA) is 55.4 Å². The van der Waals surface area contributed by atoms with Crippen molar-refractivity contribution in [2.75, 3.05) is 5.32 Å². The first-order chi connectivity index (χ1) is 12.5. The Morgan fingerprint density at radius 1 is 1.12 bits per heavy atom. The number of aldehydes is 1. The lowest BCUT2D eigenvalue weighted by Crippen LogP contribution is -2.30. The van der Waals surface area contributed by atoms with Crippen LogP contribution in [-0.4, -0.2) is 18.3 Å². The second-order valence-electron chi connectivity index (χ2n) is 5.69. The molecule has 1 amide bonds. The summed E-state index contributed by atoms with van der Waals surface area (Å²) >= 11 is 12.0. The fraction of sp³-hybridized carbons (Fsp3) is 0.100. The molecule has 3 aromatic rings. The van der Waals surface area contributed by atoms with E-state index in [1.54, 1.807) is 31.2 Å². The molecule has 0 unspecified atom stereocenters. The lowest BCUT2D eigenvalue weighted by Gasteiger charge is -2.17. The summed E-state index contributed by atoms with van der Waals surface area (Å²) in [6.45, 7) is 1.59. The fourth-order valence-corrected chi connectivity index (χ4v) is 2.91. The molecule has 0 aliphatic carbocycles. The zero-order chi connectivity index (χ0) is 18.7. The highest BCUT2D eigenvalue weighted by molar-refractivity contribution is 6.35. The molecule has 3 aromatic carbocycles. The standard InChI is InChI=1S/C20H15Cl2NO3/c1-12(20(25)23-18-10-14(21)7-8-17(18)22)26-19-9-6-13-4-2-3-5-15(13)16(19)11-24/h2-12H,1H3,(H,23,25)/t12-/m1/s1. The molecule has 26 heavy (non-hydrogen) atoms. The average Bonchev–Trinajstić information content (AvgIpc) is 2.64. The van der Waals surface area contributed by atoms with Crippen LogP contribution in [0, 0.1) is 0 Å². The number of anilines is 1. The number of hydrogen-bond donors (Lipinski definition) is 1. The Balaban J connectivity index is 1.82. The Kier molecular flexibility index (Phi) is 5.45. The Bertz CT molecular complexity index is 988. The van der Waals surface area contributed by atoms with E-state index in [4.69, 9.17) is 27.9 Å². The third-order valence-corrected chi connectivity index (χ3v) is 4.47. The van der Waals surface area contributed by atoms with Gasteiger partial charge in [-0.1, -0.05) is 53.5 Å². The summed E-state index contributed by atoms with van der Waals surface area (Å²) in [6, 6.07) is 15.8. The van der Waals surface area contributed by atoms with Crippen LogP contribution in [-0.2, 0) is 4.79 Å². The summed E-state index contributed by atoms with van der Waals surface area (Å²) in [5.74, 6) is -0.0577. The molecule has 132 valence electrons. The van der Waals surface area contributed by atoms with Gasteiger partial charge in [0.25, 0.3) is 5.91 Å². The second kappa shape index (κ2) is 7.77. The Labute approximate surface area is 160 Å². The second-order valence-corrected chi connectivity index (χ2v) is 6.53. The molecule has 0 bridgehead atoms. The molecule has 4 nitrogen and oxygen atoms in total. The Hall–Kier alpha value is -2.56. The van der Waals surface area contributed by atoms with Crippen molar-refractivity contribution in [1.29, 1.82) is 0 Å². The molecule has 0 aromatic heterocycles. The van der Waals surface area contributed by atoms with Gasteiger partial charge in [0.15, 0.2) is 12.4 Å². The molecule has 0 spiro atoms. The molecular formula is C20H15Cl2NO3. The number of ether oxygens (including phenoxy) is 1. The van der Waals surface area contributed by atoms with Crippen molar-refractivity contribution in [3.8, 4) is 5.75 Å². The summed E-state index contributed by atoms with van der Waals surface area (Å²) in [5, 5.41) is 5.19. The van der Waals surface area contributed by atoms with E-state index in [2.05, 4.69) is 5.32 Å². The van der Waals surface area contributed by atoms with Gasteiger partial charge >= 0.3 is 0 Å². The van der Waals surface area contributed by atoms with Crippen molar-refractivity contribution in [2.24, 2.45) is 0 Å². The molecule has 0 heterocycles. The van der Waals surface area contributed by atoms with Gasteiger partial charge in [0.2, 0.25) is 0 Å². The van der Waals surface area contributed by atoms with Gasteiger partial charge in [0, 0.05) is 5.02 Å². The lowest BCUT2D eigenvalue weighted by atomic mass is 10.0. The average molecular weight is 388 g/mol. The summed E-state index contributed by atoms with van der Waals surface area (Å²) in [4.78, 5) is 24.0. The Morgan fingerprint density at radius 2 is 1.88 bits per heavy atom. The van der Waals surface area contributed by atoms with Gasteiger partial charge in [-0.3, -0.25) is 9.59 Å². The van der Waals surface area contributed by atoms with Gasteiger partial charge in [-0.15, -0.1) is 0 Å². The number of carbonyl (C=O) groups is 2. The van der Waals surface area contributed by atoms with Crippen LogP contribution in [0.4, 0.5) is 5.69 Å². The lowest BCUT2D eigenvalue weighted by molar-refractivity contribution is -0.122. The minimum atomic E-state index is -0.843. The zero-order valence-electron chi connectivity index (χ0n) is 13.8. The molecule has 1 N–H and O–H groups in total. The molecule has 0 fully saturated rings. The molecule has 0 aliphatic heterocycles. The van der Waals surface area contributed by atoms with Gasteiger partial charge in [-0.05, 0) is 42.0 Å². The highest BCUT2D eigenvalue weighted by Crippen LogP contribution is 2.28.